The second-order valence-electron chi connectivity index (χ2n) is 3.47. The summed E-state index contributed by atoms with van der Waals surface area (Å²) >= 11 is 4.76. The van der Waals surface area contributed by atoms with Gasteiger partial charge in [-0.3, -0.25) is 9.69 Å². The van der Waals surface area contributed by atoms with E-state index in [0.29, 0.717) is 6.54 Å². The molecule has 0 saturated carbocycles. The van der Waals surface area contributed by atoms with Gasteiger partial charge in [0.1, 0.15) is 0 Å². The van der Waals surface area contributed by atoms with Crippen molar-refractivity contribution in [2.45, 2.75) is 13.0 Å². The summed E-state index contributed by atoms with van der Waals surface area (Å²) in [7, 11) is 1.83. The van der Waals surface area contributed by atoms with Crippen LogP contribution in [0.2, 0.25) is 0 Å². The first kappa shape index (κ1) is 12.8. The van der Waals surface area contributed by atoms with E-state index in [1.54, 1.807) is 0 Å². The molecule has 15 heavy (non-hydrogen) atoms. The minimum Gasteiger partial charge on any atom is -0.395 e. The SMILES string of the molecule is CC(CO)N(C)CC(=O)c1ccc(Br)s1. The third kappa shape index (κ3) is 3.68. The largest absolute Gasteiger partial charge is 0.395 e. The summed E-state index contributed by atoms with van der Waals surface area (Å²) in [6.07, 6.45) is 0. The highest BCUT2D eigenvalue weighted by atomic mass is 79.9. The zero-order valence-corrected chi connectivity index (χ0v) is 11.1. The Balaban J connectivity index is 2.56. The Bertz CT molecular complexity index is 340. The van der Waals surface area contributed by atoms with Crippen molar-refractivity contribution in [1.82, 2.24) is 4.90 Å². The van der Waals surface area contributed by atoms with Gasteiger partial charge in [0.15, 0.2) is 5.78 Å². The lowest BCUT2D eigenvalue weighted by molar-refractivity contribution is 0.0894. The average Bonchev–Trinajstić information content (AvgIpc) is 2.63. The summed E-state index contributed by atoms with van der Waals surface area (Å²) in [5.41, 5.74) is 0. The summed E-state index contributed by atoms with van der Waals surface area (Å²) in [4.78, 5) is 14.3. The third-order valence-corrected chi connectivity index (χ3v) is 3.92. The van der Waals surface area contributed by atoms with Crippen LogP contribution in [-0.4, -0.2) is 42.0 Å². The minimum absolute atomic E-state index is 0.0114. The van der Waals surface area contributed by atoms with Gasteiger partial charge in [0.25, 0.3) is 0 Å². The Morgan fingerprint density at radius 3 is 2.80 bits per heavy atom. The van der Waals surface area contributed by atoms with Crippen molar-refractivity contribution in [1.29, 1.82) is 0 Å². The van der Waals surface area contributed by atoms with Crippen LogP contribution in [0.25, 0.3) is 0 Å². The van der Waals surface area contributed by atoms with Gasteiger partial charge in [0.05, 0.1) is 21.8 Å². The van der Waals surface area contributed by atoms with Crippen LogP contribution < -0.4 is 0 Å². The quantitative estimate of drug-likeness (QED) is 0.844. The van der Waals surface area contributed by atoms with Crippen molar-refractivity contribution in [2.75, 3.05) is 20.2 Å². The van der Waals surface area contributed by atoms with Crippen LogP contribution in [0.1, 0.15) is 16.6 Å². The fraction of sp³-hybridized carbons (Fsp3) is 0.500. The summed E-state index contributed by atoms with van der Waals surface area (Å²) < 4.78 is 0.962. The first-order valence-corrected chi connectivity index (χ1v) is 6.25. The van der Waals surface area contributed by atoms with Crippen LogP contribution in [0.5, 0.6) is 0 Å². The van der Waals surface area contributed by atoms with Crippen LogP contribution in [0.3, 0.4) is 0 Å². The average molecular weight is 292 g/mol. The van der Waals surface area contributed by atoms with E-state index in [1.807, 2.05) is 31.0 Å². The number of nitrogens with zero attached hydrogens (tertiary/aromatic N) is 1. The number of carbonyl (C=O) groups excluding carboxylic acids is 1. The van der Waals surface area contributed by atoms with Crippen molar-refractivity contribution in [3.63, 3.8) is 0 Å². The van der Waals surface area contributed by atoms with E-state index in [4.69, 9.17) is 5.11 Å². The Morgan fingerprint density at radius 1 is 1.67 bits per heavy atom. The number of hydrogen-bond donors (Lipinski definition) is 1. The Kier molecular flexibility index (Phi) is 4.92. The molecule has 0 aliphatic heterocycles. The number of thiophene rings is 1. The molecule has 1 unspecified atom stereocenters. The van der Waals surface area contributed by atoms with Gasteiger partial charge in [-0.25, -0.2) is 0 Å². The Morgan fingerprint density at radius 2 is 2.33 bits per heavy atom. The van der Waals surface area contributed by atoms with Crippen molar-refractivity contribution in [3.05, 3.63) is 20.8 Å². The monoisotopic (exact) mass is 291 g/mol. The molecule has 0 amide bonds. The van der Waals surface area contributed by atoms with Crippen LogP contribution in [0, 0.1) is 0 Å². The van der Waals surface area contributed by atoms with E-state index < -0.39 is 0 Å². The number of rotatable bonds is 5. The number of likely N-dealkylation sites (N-methyl/N-ethyl adjacent to an activating group) is 1. The molecule has 0 spiro atoms. The predicted molar refractivity (Wildman–Crippen MR) is 65.5 cm³/mol. The number of Topliss-reactive ketones (excluding diaryl/α,β-unsaturated/α-hetero) is 1. The second kappa shape index (κ2) is 5.75. The fourth-order valence-electron chi connectivity index (χ4n) is 1.06. The van der Waals surface area contributed by atoms with Crippen LogP contribution in [-0.2, 0) is 0 Å². The first-order chi connectivity index (χ1) is 7.04. The van der Waals surface area contributed by atoms with Crippen LogP contribution >= 0.6 is 27.3 Å². The van der Waals surface area contributed by atoms with Gasteiger partial charge in [-0.2, -0.15) is 0 Å². The third-order valence-electron chi connectivity index (χ3n) is 2.26. The standard InChI is InChI=1S/C10H14BrNO2S/c1-7(6-13)12(2)5-8(14)9-3-4-10(11)15-9/h3-4,7,13H,5-6H2,1-2H3. The van der Waals surface area contributed by atoms with E-state index in [-0.39, 0.29) is 18.4 Å². The lowest BCUT2D eigenvalue weighted by Gasteiger charge is -2.21. The molecule has 1 aromatic heterocycles. The van der Waals surface area contributed by atoms with Crippen LogP contribution in [0.15, 0.2) is 15.9 Å². The van der Waals surface area contributed by atoms with Gasteiger partial charge in [-0.15, -0.1) is 11.3 Å². The van der Waals surface area contributed by atoms with Gasteiger partial charge in [0, 0.05) is 6.04 Å². The maximum atomic E-state index is 11.8. The molecule has 0 radical (unpaired) electrons. The zero-order chi connectivity index (χ0) is 11.4. The van der Waals surface area contributed by atoms with E-state index in [9.17, 15) is 4.79 Å². The second-order valence-corrected chi connectivity index (χ2v) is 5.94. The van der Waals surface area contributed by atoms with Gasteiger partial charge in [0.2, 0.25) is 0 Å². The van der Waals surface area contributed by atoms with E-state index >= 15 is 0 Å². The molecule has 0 aromatic carbocycles. The Hall–Kier alpha value is -0.230. The molecule has 0 aliphatic carbocycles. The van der Waals surface area contributed by atoms with E-state index in [0.717, 1.165) is 8.66 Å². The van der Waals surface area contributed by atoms with Gasteiger partial charge >= 0.3 is 0 Å². The highest BCUT2D eigenvalue weighted by Gasteiger charge is 2.14. The molecule has 1 aromatic rings. The van der Waals surface area contributed by atoms with Gasteiger partial charge in [-0.1, -0.05) is 0 Å². The minimum atomic E-state index is 0.0114. The van der Waals surface area contributed by atoms with Crippen molar-refractivity contribution < 1.29 is 9.90 Å². The van der Waals surface area contributed by atoms with Gasteiger partial charge in [-0.05, 0) is 42.0 Å². The number of halogens is 1. The maximum Gasteiger partial charge on any atom is 0.186 e. The highest BCUT2D eigenvalue weighted by Crippen LogP contribution is 2.22. The zero-order valence-electron chi connectivity index (χ0n) is 8.74. The molecule has 1 rings (SSSR count). The highest BCUT2D eigenvalue weighted by molar-refractivity contribution is 9.11. The number of hydrogen-bond acceptors (Lipinski definition) is 4. The van der Waals surface area contributed by atoms with Crippen molar-refractivity contribution in [3.8, 4) is 0 Å². The number of aliphatic hydroxyl groups is 1. The van der Waals surface area contributed by atoms with E-state index in [2.05, 4.69) is 15.9 Å². The summed E-state index contributed by atoms with van der Waals surface area (Å²) in [5.74, 6) is 0.0912. The van der Waals surface area contributed by atoms with Gasteiger partial charge < -0.3 is 5.11 Å². The molecule has 84 valence electrons. The molecule has 0 bridgehead atoms. The smallest absolute Gasteiger partial charge is 0.186 e. The topological polar surface area (TPSA) is 40.5 Å². The molecular weight excluding hydrogens is 278 g/mol. The number of ketones is 1. The van der Waals surface area contributed by atoms with E-state index in [1.165, 1.54) is 11.3 Å². The molecule has 1 heterocycles. The maximum absolute atomic E-state index is 11.8. The molecular formula is C10H14BrNO2S. The normalized spacial score (nSPS) is 13.1. The molecule has 1 N–H and O–H groups in total. The fourth-order valence-corrected chi connectivity index (χ4v) is 2.38. The molecule has 5 heteroatoms. The molecule has 0 saturated heterocycles. The predicted octanol–water partition coefficient (Wildman–Crippen LogP) is 2.01. The van der Waals surface area contributed by atoms with Crippen molar-refractivity contribution >= 4 is 33.0 Å². The summed E-state index contributed by atoms with van der Waals surface area (Å²) in [6.45, 7) is 2.30. The molecule has 3 nitrogen and oxygen atoms in total. The molecule has 1 atom stereocenters. The Labute approximate surface area is 102 Å². The number of carbonyl (C=O) groups is 1. The lowest BCUT2D eigenvalue weighted by atomic mass is 10.2. The summed E-state index contributed by atoms with van der Waals surface area (Å²) in [5, 5.41) is 8.93. The lowest BCUT2D eigenvalue weighted by Crippen LogP contribution is -2.35. The molecule has 0 fully saturated rings. The van der Waals surface area contributed by atoms with Crippen molar-refractivity contribution in [2.24, 2.45) is 0 Å². The summed E-state index contributed by atoms with van der Waals surface area (Å²) in [6, 6.07) is 3.69. The number of aliphatic hydroxyl groups excluding tert-OH is 1. The van der Waals surface area contributed by atoms with Crippen LogP contribution in [0.4, 0.5) is 0 Å². The first-order valence-electron chi connectivity index (χ1n) is 4.64. The molecule has 0 aliphatic rings.